The number of benzene rings is 1. The molecule has 2 aromatic rings. The van der Waals surface area contributed by atoms with E-state index in [4.69, 9.17) is 11.6 Å². The van der Waals surface area contributed by atoms with Gasteiger partial charge in [-0.1, -0.05) is 29.8 Å². The second-order valence-corrected chi connectivity index (χ2v) is 4.98. The average molecular weight is 291 g/mol. The van der Waals surface area contributed by atoms with Gasteiger partial charge in [0.05, 0.1) is 6.04 Å². The van der Waals surface area contributed by atoms with Crippen LogP contribution in [0.2, 0.25) is 5.02 Å². The maximum atomic E-state index is 12.1. The molecule has 1 aromatic heterocycles. The zero-order chi connectivity index (χ0) is 14.7. The summed E-state index contributed by atoms with van der Waals surface area (Å²) in [7, 11) is 0. The molecule has 0 aliphatic rings. The number of aromatic amines is 1. The minimum Gasteiger partial charge on any atom is -0.356 e. The Morgan fingerprint density at radius 3 is 2.60 bits per heavy atom. The Hall–Kier alpha value is -2.07. The summed E-state index contributed by atoms with van der Waals surface area (Å²) in [6, 6.07) is 8.67. The highest BCUT2D eigenvalue weighted by Gasteiger charge is 2.15. The molecule has 1 atom stereocenters. The lowest BCUT2D eigenvalue weighted by Gasteiger charge is -2.15. The van der Waals surface area contributed by atoms with Gasteiger partial charge in [-0.3, -0.25) is 9.59 Å². The number of nitrogens with one attached hydrogen (secondary N) is 2. The smallest absolute Gasteiger partial charge is 0.268 e. The number of hydrogen-bond donors (Lipinski definition) is 2. The molecule has 0 saturated heterocycles. The fraction of sp³-hybridized carbons (Fsp3) is 0.200. The predicted molar refractivity (Wildman–Crippen MR) is 78.1 cm³/mol. The van der Waals surface area contributed by atoms with Crippen LogP contribution in [0.3, 0.4) is 0 Å². The average Bonchev–Trinajstić information content (AvgIpc) is 2.88. The maximum Gasteiger partial charge on any atom is 0.268 e. The van der Waals surface area contributed by atoms with Crippen LogP contribution in [0.15, 0.2) is 36.5 Å². The monoisotopic (exact) mass is 290 g/mol. The maximum absolute atomic E-state index is 12.1. The number of halogens is 1. The number of rotatable bonds is 4. The molecule has 0 radical (unpaired) electrons. The van der Waals surface area contributed by atoms with Gasteiger partial charge in [-0.15, -0.1) is 0 Å². The summed E-state index contributed by atoms with van der Waals surface area (Å²) in [6.07, 6.45) is 1.53. The van der Waals surface area contributed by atoms with Gasteiger partial charge in [0.25, 0.3) is 5.91 Å². The Morgan fingerprint density at radius 2 is 2.00 bits per heavy atom. The Balaban J connectivity index is 2.11. The van der Waals surface area contributed by atoms with Gasteiger partial charge in [0.15, 0.2) is 5.78 Å². The molecule has 20 heavy (non-hydrogen) atoms. The molecule has 1 aromatic carbocycles. The molecule has 0 spiro atoms. The van der Waals surface area contributed by atoms with Gasteiger partial charge < -0.3 is 10.3 Å². The van der Waals surface area contributed by atoms with Crippen molar-refractivity contribution in [2.75, 3.05) is 0 Å². The molecule has 0 aliphatic heterocycles. The molecule has 0 fully saturated rings. The van der Waals surface area contributed by atoms with Gasteiger partial charge in [0, 0.05) is 16.8 Å². The van der Waals surface area contributed by atoms with E-state index < -0.39 is 0 Å². The highest BCUT2D eigenvalue weighted by atomic mass is 35.5. The molecule has 0 bridgehead atoms. The van der Waals surface area contributed by atoms with Crippen LogP contribution < -0.4 is 5.32 Å². The Labute approximate surface area is 122 Å². The van der Waals surface area contributed by atoms with E-state index in [1.807, 2.05) is 25.1 Å². The first-order valence-electron chi connectivity index (χ1n) is 6.23. The van der Waals surface area contributed by atoms with E-state index in [2.05, 4.69) is 10.3 Å². The molecule has 2 rings (SSSR count). The number of Topliss-reactive ketones (excluding diaryl/α,β-unsaturated/α-hetero) is 1. The topological polar surface area (TPSA) is 62.0 Å². The van der Waals surface area contributed by atoms with Crippen LogP contribution in [0.5, 0.6) is 0 Å². The van der Waals surface area contributed by atoms with E-state index in [1.54, 1.807) is 6.07 Å². The lowest BCUT2D eigenvalue weighted by atomic mass is 10.1. The SMILES string of the molecule is CC(=O)c1c[nH]c(C(=O)NC(C)c2ccccc2Cl)c1. The highest BCUT2D eigenvalue weighted by Crippen LogP contribution is 2.22. The van der Waals surface area contributed by atoms with E-state index in [-0.39, 0.29) is 17.7 Å². The molecular formula is C15H15ClN2O2. The number of carbonyl (C=O) groups excluding carboxylic acids is 2. The third-order valence-electron chi connectivity index (χ3n) is 3.05. The van der Waals surface area contributed by atoms with Gasteiger partial charge in [-0.05, 0) is 31.5 Å². The number of hydrogen-bond acceptors (Lipinski definition) is 2. The molecule has 1 heterocycles. The number of aromatic nitrogens is 1. The van der Waals surface area contributed by atoms with Crippen molar-refractivity contribution in [3.8, 4) is 0 Å². The number of carbonyl (C=O) groups is 2. The van der Waals surface area contributed by atoms with E-state index in [1.165, 1.54) is 19.2 Å². The van der Waals surface area contributed by atoms with Gasteiger partial charge in [-0.25, -0.2) is 0 Å². The van der Waals surface area contributed by atoms with Crippen molar-refractivity contribution < 1.29 is 9.59 Å². The second-order valence-electron chi connectivity index (χ2n) is 4.57. The first kappa shape index (κ1) is 14.3. The van der Waals surface area contributed by atoms with Crippen LogP contribution in [-0.4, -0.2) is 16.7 Å². The molecular weight excluding hydrogens is 276 g/mol. The van der Waals surface area contributed by atoms with Crippen molar-refractivity contribution in [3.63, 3.8) is 0 Å². The fourth-order valence-electron chi connectivity index (χ4n) is 1.91. The van der Waals surface area contributed by atoms with Crippen LogP contribution in [0.4, 0.5) is 0 Å². The minimum atomic E-state index is -0.273. The summed E-state index contributed by atoms with van der Waals surface area (Å²) in [4.78, 5) is 26.1. The molecule has 1 unspecified atom stereocenters. The summed E-state index contributed by atoms with van der Waals surface area (Å²) < 4.78 is 0. The molecule has 4 nitrogen and oxygen atoms in total. The Kier molecular flexibility index (Phi) is 4.25. The summed E-state index contributed by atoms with van der Waals surface area (Å²) in [5.41, 5.74) is 1.69. The van der Waals surface area contributed by atoms with Crippen molar-refractivity contribution >= 4 is 23.3 Å². The van der Waals surface area contributed by atoms with E-state index in [0.717, 1.165) is 5.56 Å². The summed E-state index contributed by atoms with van der Waals surface area (Å²) in [5.74, 6) is -0.357. The largest absolute Gasteiger partial charge is 0.356 e. The minimum absolute atomic E-state index is 0.0838. The number of amides is 1. The van der Waals surface area contributed by atoms with E-state index in [0.29, 0.717) is 16.3 Å². The summed E-state index contributed by atoms with van der Waals surface area (Å²) >= 11 is 6.09. The van der Waals surface area contributed by atoms with Crippen molar-refractivity contribution in [1.82, 2.24) is 10.3 Å². The number of ketones is 1. The first-order chi connectivity index (χ1) is 9.49. The lowest BCUT2D eigenvalue weighted by molar-refractivity contribution is 0.0935. The van der Waals surface area contributed by atoms with Crippen LogP contribution in [-0.2, 0) is 0 Å². The third-order valence-corrected chi connectivity index (χ3v) is 3.40. The zero-order valence-corrected chi connectivity index (χ0v) is 12.0. The quantitative estimate of drug-likeness (QED) is 0.848. The summed E-state index contributed by atoms with van der Waals surface area (Å²) in [6.45, 7) is 3.31. The highest BCUT2D eigenvalue weighted by molar-refractivity contribution is 6.31. The van der Waals surface area contributed by atoms with Gasteiger partial charge in [0.1, 0.15) is 5.69 Å². The molecule has 5 heteroatoms. The Morgan fingerprint density at radius 1 is 1.30 bits per heavy atom. The van der Waals surface area contributed by atoms with Gasteiger partial charge >= 0.3 is 0 Å². The third kappa shape index (κ3) is 3.08. The van der Waals surface area contributed by atoms with Gasteiger partial charge in [-0.2, -0.15) is 0 Å². The first-order valence-corrected chi connectivity index (χ1v) is 6.61. The number of H-pyrrole nitrogens is 1. The zero-order valence-electron chi connectivity index (χ0n) is 11.2. The molecule has 0 aliphatic carbocycles. The van der Waals surface area contributed by atoms with E-state index in [9.17, 15) is 9.59 Å². The normalized spacial score (nSPS) is 11.9. The Bertz CT molecular complexity index is 649. The van der Waals surface area contributed by atoms with Crippen molar-refractivity contribution in [2.24, 2.45) is 0 Å². The van der Waals surface area contributed by atoms with Crippen molar-refractivity contribution in [1.29, 1.82) is 0 Å². The van der Waals surface area contributed by atoms with Crippen LogP contribution >= 0.6 is 11.6 Å². The molecule has 1 amide bonds. The fourth-order valence-corrected chi connectivity index (χ4v) is 2.21. The molecule has 104 valence electrons. The van der Waals surface area contributed by atoms with Crippen molar-refractivity contribution in [2.45, 2.75) is 19.9 Å². The standard InChI is InChI=1S/C15H15ClN2O2/c1-9(12-5-3-4-6-13(12)16)18-15(20)14-7-11(8-17-14)10(2)19/h3-9,17H,1-2H3,(H,18,20). The molecule has 0 saturated carbocycles. The van der Waals surface area contributed by atoms with Crippen LogP contribution in [0.1, 0.15) is 46.3 Å². The summed E-state index contributed by atoms with van der Waals surface area (Å²) in [5, 5.41) is 3.45. The van der Waals surface area contributed by atoms with Crippen LogP contribution in [0, 0.1) is 0 Å². The second kappa shape index (κ2) is 5.92. The van der Waals surface area contributed by atoms with Crippen molar-refractivity contribution in [3.05, 3.63) is 58.4 Å². The lowest BCUT2D eigenvalue weighted by Crippen LogP contribution is -2.27. The molecule has 2 N–H and O–H groups in total. The van der Waals surface area contributed by atoms with Crippen LogP contribution in [0.25, 0.3) is 0 Å². The van der Waals surface area contributed by atoms with Gasteiger partial charge in [0.2, 0.25) is 0 Å². The predicted octanol–water partition coefficient (Wildman–Crippen LogP) is 3.36. The van der Waals surface area contributed by atoms with E-state index >= 15 is 0 Å².